The van der Waals surface area contributed by atoms with Crippen LogP contribution in [0.25, 0.3) is 0 Å². The number of nitrogens with one attached hydrogen (secondary N) is 1. The van der Waals surface area contributed by atoms with Gasteiger partial charge in [-0.05, 0) is 6.42 Å². The molecule has 1 aliphatic heterocycles. The normalized spacial score (nSPS) is 31.5. The van der Waals surface area contributed by atoms with Gasteiger partial charge in [-0.2, -0.15) is 0 Å². The van der Waals surface area contributed by atoms with Crippen LogP contribution in [0.2, 0.25) is 0 Å². The lowest BCUT2D eigenvalue weighted by molar-refractivity contribution is -0.146. The van der Waals surface area contributed by atoms with Gasteiger partial charge in [-0.15, -0.1) is 0 Å². The minimum atomic E-state index is -0.909. The van der Waals surface area contributed by atoms with Gasteiger partial charge in [-0.25, -0.2) is 4.39 Å². The molecule has 1 heterocycles. The van der Waals surface area contributed by atoms with E-state index in [-0.39, 0.29) is 11.9 Å². The van der Waals surface area contributed by atoms with E-state index in [2.05, 4.69) is 10.1 Å². The van der Waals surface area contributed by atoms with Gasteiger partial charge in [0.2, 0.25) is 0 Å². The molecule has 3 nitrogen and oxygen atoms in total. The van der Waals surface area contributed by atoms with E-state index >= 15 is 0 Å². The summed E-state index contributed by atoms with van der Waals surface area (Å²) in [5.41, 5.74) is 0. The van der Waals surface area contributed by atoms with E-state index < -0.39 is 6.17 Å². The first kappa shape index (κ1) is 8.46. The zero-order valence-corrected chi connectivity index (χ0v) is 6.47. The molecule has 64 valence electrons. The van der Waals surface area contributed by atoms with E-state index in [9.17, 15) is 9.18 Å². The highest BCUT2D eigenvalue weighted by Crippen LogP contribution is 2.14. The molecule has 1 fully saturated rings. The van der Waals surface area contributed by atoms with Gasteiger partial charge in [-0.1, -0.05) is 0 Å². The molecule has 2 atom stereocenters. The molecular formula is C7H12FNO2. The largest absolute Gasteiger partial charge is 0.469 e. The van der Waals surface area contributed by atoms with Gasteiger partial charge in [0.25, 0.3) is 0 Å². The second kappa shape index (κ2) is 3.67. The Morgan fingerprint density at radius 1 is 1.64 bits per heavy atom. The van der Waals surface area contributed by atoms with Crippen molar-refractivity contribution in [1.82, 2.24) is 5.32 Å². The van der Waals surface area contributed by atoms with Gasteiger partial charge in [0.15, 0.2) is 0 Å². The molecule has 0 unspecified atom stereocenters. The van der Waals surface area contributed by atoms with Crippen molar-refractivity contribution < 1.29 is 13.9 Å². The zero-order chi connectivity index (χ0) is 8.27. The van der Waals surface area contributed by atoms with E-state index in [1.165, 1.54) is 7.11 Å². The van der Waals surface area contributed by atoms with Crippen molar-refractivity contribution >= 4 is 5.97 Å². The Labute approximate surface area is 64.9 Å². The van der Waals surface area contributed by atoms with Crippen molar-refractivity contribution in [2.45, 2.75) is 12.6 Å². The second-order valence-corrected chi connectivity index (χ2v) is 2.71. The van der Waals surface area contributed by atoms with Crippen molar-refractivity contribution in [2.75, 3.05) is 20.2 Å². The van der Waals surface area contributed by atoms with Crippen LogP contribution in [0.1, 0.15) is 6.42 Å². The van der Waals surface area contributed by atoms with E-state index in [4.69, 9.17) is 0 Å². The number of esters is 1. The van der Waals surface area contributed by atoms with Crippen molar-refractivity contribution in [3.63, 3.8) is 0 Å². The molecule has 4 heteroatoms. The summed E-state index contributed by atoms with van der Waals surface area (Å²) in [4.78, 5) is 10.9. The molecule has 11 heavy (non-hydrogen) atoms. The van der Waals surface area contributed by atoms with Gasteiger partial charge in [0.05, 0.1) is 13.0 Å². The fourth-order valence-corrected chi connectivity index (χ4v) is 1.24. The maximum Gasteiger partial charge on any atom is 0.310 e. The van der Waals surface area contributed by atoms with Crippen LogP contribution < -0.4 is 5.32 Å². The van der Waals surface area contributed by atoms with Gasteiger partial charge >= 0.3 is 5.97 Å². The Hall–Kier alpha value is -0.640. The van der Waals surface area contributed by atoms with Crippen molar-refractivity contribution in [3.05, 3.63) is 0 Å². The Kier molecular flexibility index (Phi) is 2.82. The van der Waals surface area contributed by atoms with E-state index in [1.807, 2.05) is 0 Å². The summed E-state index contributed by atoms with van der Waals surface area (Å²) in [5.74, 6) is -0.622. The van der Waals surface area contributed by atoms with Crippen LogP contribution >= 0.6 is 0 Å². The van der Waals surface area contributed by atoms with Crippen LogP contribution in [0, 0.1) is 5.92 Å². The van der Waals surface area contributed by atoms with E-state index in [1.54, 1.807) is 0 Å². The summed E-state index contributed by atoms with van der Waals surface area (Å²) < 4.78 is 17.2. The van der Waals surface area contributed by atoms with Crippen LogP contribution in [-0.2, 0) is 9.53 Å². The van der Waals surface area contributed by atoms with Crippen LogP contribution in [-0.4, -0.2) is 32.3 Å². The number of halogens is 1. The summed E-state index contributed by atoms with van der Waals surface area (Å²) in [6.07, 6.45) is -0.618. The SMILES string of the molecule is COC(=O)[C@H]1CNC[C@H](F)C1. The lowest BCUT2D eigenvalue weighted by Crippen LogP contribution is -2.41. The third kappa shape index (κ3) is 2.15. The maximum atomic E-state index is 12.7. The minimum absolute atomic E-state index is 0.291. The standard InChI is InChI=1S/C7H12FNO2/c1-11-7(10)5-2-6(8)4-9-3-5/h5-6,9H,2-4H2,1H3/t5-,6-/m1/s1. The molecule has 1 N–H and O–H groups in total. The first-order valence-electron chi connectivity index (χ1n) is 3.66. The molecule has 0 aliphatic carbocycles. The molecule has 0 aromatic carbocycles. The number of hydrogen-bond donors (Lipinski definition) is 1. The van der Waals surface area contributed by atoms with E-state index in [0.717, 1.165) is 0 Å². The summed E-state index contributed by atoms with van der Waals surface area (Å²) in [5, 5.41) is 2.82. The predicted molar refractivity (Wildman–Crippen MR) is 37.9 cm³/mol. The molecular weight excluding hydrogens is 149 g/mol. The highest BCUT2D eigenvalue weighted by atomic mass is 19.1. The van der Waals surface area contributed by atoms with Crippen molar-refractivity contribution in [3.8, 4) is 0 Å². The molecule has 0 spiro atoms. The Morgan fingerprint density at radius 3 is 2.91 bits per heavy atom. The van der Waals surface area contributed by atoms with Gasteiger partial charge in [0, 0.05) is 13.1 Å². The highest BCUT2D eigenvalue weighted by Gasteiger charge is 2.27. The Morgan fingerprint density at radius 2 is 2.36 bits per heavy atom. The second-order valence-electron chi connectivity index (χ2n) is 2.71. The monoisotopic (exact) mass is 161 g/mol. The Bertz CT molecular complexity index is 151. The summed E-state index contributed by atoms with van der Waals surface area (Å²) in [7, 11) is 1.32. The maximum absolute atomic E-state index is 12.7. The number of ether oxygens (including phenoxy) is 1. The lowest BCUT2D eigenvalue weighted by Gasteiger charge is -2.23. The average Bonchev–Trinajstić information content (AvgIpc) is 2.03. The topological polar surface area (TPSA) is 38.3 Å². The number of alkyl halides is 1. The molecule has 0 saturated carbocycles. The third-order valence-electron chi connectivity index (χ3n) is 1.83. The summed E-state index contributed by atoms with van der Waals surface area (Å²) >= 11 is 0. The molecule has 0 amide bonds. The smallest absolute Gasteiger partial charge is 0.310 e. The Balaban J connectivity index is 2.39. The van der Waals surface area contributed by atoms with Crippen LogP contribution in [0.15, 0.2) is 0 Å². The minimum Gasteiger partial charge on any atom is -0.469 e. The lowest BCUT2D eigenvalue weighted by atomic mass is 9.99. The predicted octanol–water partition coefficient (Wildman–Crippen LogP) is 0.107. The quantitative estimate of drug-likeness (QED) is 0.554. The number of piperidine rings is 1. The zero-order valence-electron chi connectivity index (χ0n) is 6.47. The van der Waals surface area contributed by atoms with Crippen LogP contribution in [0.3, 0.4) is 0 Å². The molecule has 0 radical (unpaired) electrons. The van der Waals surface area contributed by atoms with Crippen molar-refractivity contribution in [2.24, 2.45) is 5.92 Å². The third-order valence-corrected chi connectivity index (χ3v) is 1.83. The molecule has 1 saturated heterocycles. The first-order chi connectivity index (χ1) is 5.24. The fourth-order valence-electron chi connectivity index (χ4n) is 1.24. The van der Waals surface area contributed by atoms with Gasteiger partial charge in [-0.3, -0.25) is 4.79 Å². The van der Waals surface area contributed by atoms with E-state index in [0.29, 0.717) is 19.5 Å². The first-order valence-corrected chi connectivity index (χ1v) is 3.66. The average molecular weight is 161 g/mol. The number of rotatable bonds is 1. The van der Waals surface area contributed by atoms with Gasteiger partial charge in [0.1, 0.15) is 6.17 Å². The molecule has 1 rings (SSSR count). The summed E-state index contributed by atoms with van der Waals surface area (Å²) in [6, 6.07) is 0. The number of methoxy groups -OCH3 is 1. The molecule has 0 aromatic heterocycles. The molecule has 0 aromatic rings. The molecule has 0 bridgehead atoms. The number of carbonyl (C=O) groups is 1. The van der Waals surface area contributed by atoms with Gasteiger partial charge < -0.3 is 10.1 Å². The van der Waals surface area contributed by atoms with Crippen LogP contribution in [0.5, 0.6) is 0 Å². The molecule has 1 aliphatic rings. The highest BCUT2D eigenvalue weighted by molar-refractivity contribution is 5.72. The summed E-state index contributed by atoms with van der Waals surface area (Å²) in [6.45, 7) is 0.889. The number of carbonyl (C=O) groups excluding carboxylic acids is 1. The fraction of sp³-hybridized carbons (Fsp3) is 0.857. The number of hydrogen-bond acceptors (Lipinski definition) is 3. The van der Waals surface area contributed by atoms with Crippen molar-refractivity contribution in [1.29, 1.82) is 0 Å². The van der Waals surface area contributed by atoms with Crippen LogP contribution in [0.4, 0.5) is 4.39 Å².